The van der Waals surface area contributed by atoms with Gasteiger partial charge >= 0.3 is 0 Å². The quantitative estimate of drug-likeness (QED) is 0.891. The third-order valence-electron chi connectivity index (χ3n) is 4.56. The minimum atomic E-state index is 0.304. The molecule has 0 spiro atoms. The number of hydrogen-bond acceptors (Lipinski definition) is 2. The number of aryl methyl sites for hydroxylation is 2. The van der Waals surface area contributed by atoms with Crippen molar-refractivity contribution in [1.82, 2.24) is 5.32 Å². The molecule has 3 atom stereocenters. The van der Waals surface area contributed by atoms with E-state index in [2.05, 4.69) is 52.1 Å². The largest absolute Gasteiger partial charge is 0.489 e. The SMILES string of the molecule is CCNC1CCC(C)CC1Oc1cc(C)cc(C)c1C. The van der Waals surface area contributed by atoms with Crippen LogP contribution in [0.15, 0.2) is 12.1 Å². The van der Waals surface area contributed by atoms with E-state index in [1.54, 1.807) is 0 Å². The van der Waals surface area contributed by atoms with Crippen LogP contribution in [0.5, 0.6) is 5.75 Å². The number of likely N-dealkylation sites (N-methyl/N-ethyl adjacent to an activating group) is 1. The van der Waals surface area contributed by atoms with E-state index in [0.717, 1.165) is 24.6 Å². The van der Waals surface area contributed by atoms with Gasteiger partial charge in [0.1, 0.15) is 11.9 Å². The standard InChI is InChI=1S/C18H29NO/c1-6-19-16-8-7-12(2)10-18(16)20-17-11-13(3)9-14(4)15(17)5/h9,11-12,16,18-19H,6-8,10H2,1-5H3. The first kappa shape index (κ1) is 15.4. The molecule has 2 nitrogen and oxygen atoms in total. The molecule has 3 unspecified atom stereocenters. The fourth-order valence-corrected chi connectivity index (χ4v) is 3.24. The molecule has 0 aromatic heterocycles. The Kier molecular flexibility index (Phi) is 5.09. The maximum Gasteiger partial charge on any atom is 0.123 e. The number of ether oxygens (including phenoxy) is 1. The summed E-state index contributed by atoms with van der Waals surface area (Å²) in [5, 5.41) is 3.60. The Hall–Kier alpha value is -1.02. The van der Waals surface area contributed by atoms with Gasteiger partial charge in [-0.3, -0.25) is 0 Å². The van der Waals surface area contributed by atoms with Crippen LogP contribution in [-0.2, 0) is 0 Å². The van der Waals surface area contributed by atoms with Gasteiger partial charge in [-0.2, -0.15) is 0 Å². The van der Waals surface area contributed by atoms with E-state index in [9.17, 15) is 0 Å². The summed E-state index contributed by atoms with van der Waals surface area (Å²) in [6.07, 6.45) is 4.00. The number of nitrogens with one attached hydrogen (secondary N) is 1. The van der Waals surface area contributed by atoms with Gasteiger partial charge in [-0.15, -0.1) is 0 Å². The molecule has 1 aromatic rings. The molecular weight excluding hydrogens is 246 g/mol. The smallest absolute Gasteiger partial charge is 0.123 e. The molecule has 1 N–H and O–H groups in total. The maximum atomic E-state index is 6.42. The maximum absolute atomic E-state index is 6.42. The first-order valence-electron chi connectivity index (χ1n) is 7.99. The Bertz CT molecular complexity index is 455. The molecule has 0 amide bonds. The Morgan fingerprint density at radius 3 is 2.65 bits per heavy atom. The zero-order valence-corrected chi connectivity index (χ0v) is 13.6. The highest BCUT2D eigenvalue weighted by atomic mass is 16.5. The van der Waals surface area contributed by atoms with Gasteiger partial charge in [-0.1, -0.05) is 19.9 Å². The summed E-state index contributed by atoms with van der Waals surface area (Å²) >= 11 is 0. The zero-order chi connectivity index (χ0) is 14.7. The van der Waals surface area contributed by atoms with Crippen LogP contribution < -0.4 is 10.1 Å². The van der Waals surface area contributed by atoms with E-state index in [-0.39, 0.29) is 0 Å². The monoisotopic (exact) mass is 275 g/mol. The van der Waals surface area contributed by atoms with E-state index in [4.69, 9.17) is 4.74 Å². The molecule has 0 aliphatic heterocycles. The van der Waals surface area contributed by atoms with E-state index in [0.29, 0.717) is 12.1 Å². The van der Waals surface area contributed by atoms with Crippen LogP contribution in [0.2, 0.25) is 0 Å². The minimum Gasteiger partial charge on any atom is -0.489 e. The van der Waals surface area contributed by atoms with Crippen molar-refractivity contribution in [2.75, 3.05) is 6.54 Å². The van der Waals surface area contributed by atoms with E-state index in [1.165, 1.54) is 29.5 Å². The van der Waals surface area contributed by atoms with Gasteiger partial charge in [0.2, 0.25) is 0 Å². The fourth-order valence-electron chi connectivity index (χ4n) is 3.24. The number of benzene rings is 1. The minimum absolute atomic E-state index is 0.304. The average Bonchev–Trinajstić information content (AvgIpc) is 2.38. The van der Waals surface area contributed by atoms with Crippen molar-refractivity contribution in [3.05, 3.63) is 28.8 Å². The summed E-state index contributed by atoms with van der Waals surface area (Å²) < 4.78 is 6.42. The molecule has 2 rings (SSSR count). The van der Waals surface area contributed by atoms with Crippen LogP contribution in [0.4, 0.5) is 0 Å². The second kappa shape index (κ2) is 6.62. The lowest BCUT2D eigenvalue weighted by Gasteiger charge is -2.36. The van der Waals surface area contributed by atoms with Crippen LogP contribution in [0, 0.1) is 26.7 Å². The highest BCUT2D eigenvalue weighted by molar-refractivity contribution is 5.42. The molecule has 2 heteroatoms. The normalized spacial score (nSPS) is 26.6. The Labute approximate surface area is 123 Å². The van der Waals surface area contributed by atoms with Gasteiger partial charge in [0.25, 0.3) is 0 Å². The van der Waals surface area contributed by atoms with Gasteiger partial charge in [-0.25, -0.2) is 0 Å². The lowest BCUT2D eigenvalue weighted by Crippen LogP contribution is -2.46. The molecule has 0 heterocycles. The van der Waals surface area contributed by atoms with Gasteiger partial charge in [0.15, 0.2) is 0 Å². The average molecular weight is 275 g/mol. The highest BCUT2D eigenvalue weighted by Gasteiger charge is 2.30. The van der Waals surface area contributed by atoms with Crippen molar-refractivity contribution in [3.8, 4) is 5.75 Å². The van der Waals surface area contributed by atoms with Crippen molar-refractivity contribution in [2.24, 2.45) is 5.92 Å². The third-order valence-corrected chi connectivity index (χ3v) is 4.56. The van der Waals surface area contributed by atoms with Crippen LogP contribution in [0.3, 0.4) is 0 Å². The van der Waals surface area contributed by atoms with Gasteiger partial charge in [0, 0.05) is 6.04 Å². The predicted molar refractivity (Wildman–Crippen MR) is 85.5 cm³/mol. The van der Waals surface area contributed by atoms with Crippen molar-refractivity contribution in [2.45, 2.75) is 66.0 Å². The molecule has 0 bridgehead atoms. The van der Waals surface area contributed by atoms with Gasteiger partial charge in [-0.05, 0) is 75.3 Å². The molecule has 1 aliphatic rings. The first-order chi connectivity index (χ1) is 9.51. The van der Waals surface area contributed by atoms with E-state index >= 15 is 0 Å². The Morgan fingerprint density at radius 1 is 1.20 bits per heavy atom. The summed E-state index contributed by atoms with van der Waals surface area (Å²) in [4.78, 5) is 0. The van der Waals surface area contributed by atoms with Crippen LogP contribution >= 0.6 is 0 Å². The van der Waals surface area contributed by atoms with Gasteiger partial charge < -0.3 is 10.1 Å². The second-order valence-corrected chi connectivity index (χ2v) is 6.44. The van der Waals surface area contributed by atoms with Crippen molar-refractivity contribution < 1.29 is 4.74 Å². The third kappa shape index (κ3) is 3.54. The van der Waals surface area contributed by atoms with Crippen molar-refractivity contribution >= 4 is 0 Å². The second-order valence-electron chi connectivity index (χ2n) is 6.44. The molecule has 20 heavy (non-hydrogen) atoms. The molecular formula is C18H29NO. The molecule has 1 aliphatic carbocycles. The predicted octanol–water partition coefficient (Wildman–Crippen LogP) is 4.16. The van der Waals surface area contributed by atoms with Crippen molar-refractivity contribution in [3.63, 3.8) is 0 Å². The molecule has 0 saturated heterocycles. The molecule has 112 valence electrons. The van der Waals surface area contributed by atoms with Gasteiger partial charge in [0.05, 0.1) is 0 Å². The summed E-state index contributed by atoms with van der Waals surface area (Å²) in [5.74, 6) is 1.84. The molecule has 1 aromatic carbocycles. The highest BCUT2D eigenvalue weighted by Crippen LogP contribution is 2.31. The summed E-state index contributed by atoms with van der Waals surface area (Å²) in [6, 6.07) is 4.91. The topological polar surface area (TPSA) is 21.3 Å². The van der Waals surface area contributed by atoms with E-state index < -0.39 is 0 Å². The lowest BCUT2D eigenvalue weighted by atomic mass is 9.85. The summed E-state index contributed by atoms with van der Waals surface area (Å²) in [5.41, 5.74) is 3.89. The molecule has 1 fully saturated rings. The molecule has 1 saturated carbocycles. The lowest BCUT2D eigenvalue weighted by molar-refractivity contribution is 0.0909. The number of hydrogen-bond donors (Lipinski definition) is 1. The number of rotatable bonds is 4. The summed E-state index contributed by atoms with van der Waals surface area (Å²) in [6.45, 7) is 12.0. The molecule has 0 radical (unpaired) electrons. The van der Waals surface area contributed by atoms with Crippen LogP contribution in [-0.4, -0.2) is 18.7 Å². The Balaban J connectivity index is 2.17. The first-order valence-corrected chi connectivity index (χ1v) is 7.99. The van der Waals surface area contributed by atoms with Crippen molar-refractivity contribution in [1.29, 1.82) is 0 Å². The Morgan fingerprint density at radius 2 is 1.95 bits per heavy atom. The van der Waals surface area contributed by atoms with Crippen LogP contribution in [0.1, 0.15) is 49.8 Å². The summed E-state index contributed by atoms with van der Waals surface area (Å²) in [7, 11) is 0. The zero-order valence-electron chi connectivity index (χ0n) is 13.6. The fraction of sp³-hybridized carbons (Fsp3) is 0.667. The van der Waals surface area contributed by atoms with E-state index in [1.807, 2.05) is 0 Å². The van der Waals surface area contributed by atoms with Crippen LogP contribution in [0.25, 0.3) is 0 Å².